The maximum atomic E-state index is 14.0. The molecule has 0 radical (unpaired) electrons. The van der Waals surface area contributed by atoms with Gasteiger partial charge in [-0.15, -0.1) is 0 Å². The van der Waals surface area contributed by atoms with Crippen molar-refractivity contribution in [2.24, 2.45) is 5.84 Å². The SMILES string of the molecule is CCCN(C)Cc1nc2c(ccc3cc4c(cc32)OCc2cc(-c3cnc(CN(CCC)C(=O)[C@@H](c5ccccc5)N(N)C(=O)OC)[nH]3)ccc2-4)[nH]1. The lowest BCUT2D eigenvalue weighted by Crippen LogP contribution is -2.49. The molecule has 0 saturated carbocycles. The Hall–Kier alpha value is -5.72. The number of carbonyl (C=O) groups is 2. The van der Waals surface area contributed by atoms with E-state index in [4.69, 9.17) is 20.3 Å². The molecule has 52 heavy (non-hydrogen) atoms. The standard InChI is InChI=1S/C40H44N8O4/c1-5-16-46(3)22-36-43-32-15-13-26-19-31-29-14-12-27(18-28(29)24-52-34(31)20-30(26)37(32)45-36)33-21-42-35(44-33)23-47(17-6-2)39(49)38(48(41)40(50)51-4)25-10-8-7-9-11-25/h7-15,18-21,38H,5-6,16-17,22-24,41H2,1-4H3,(H,42,44)(H,43,45)/t38-/m1/s1. The number of H-pyrrole nitrogens is 2. The number of aromatic nitrogens is 4. The number of rotatable bonds is 12. The average molecular weight is 701 g/mol. The van der Waals surface area contributed by atoms with Gasteiger partial charge in [0.15, 0.2) is 6.04 Å². The van der Waals surface area contributed by atoms with Crippen molar-refractivity contribution in [3.05, 3.63) is 102 Å². The van der Waals surface area contributed by atoms with Crippen LogP contribution in [-0.4, -0.2) is 74.0 Å². The monoisotopic (exact) mass is 700 g/mol. The number of methoxy groups -OCH3 is 1. The minimum Gasteiger partial charge on any atom is -0.488 e. The number of nitrogens with one attached hydrogen (secondary N) is 2. The van der Waals surface area contributed by atoms with Crippen molar-refractivity contribution in [3.63, 3.8) is 0 Å². The number of aromatic amines is 2. The molecule has 0 unspecified atom stereocenters. The highest BCUT2D eigenvalue weighted by atomic mass is 16.5. The van der Waals surface area contributed by atoms with Crippen LogP contribution in [0, 0.1) is 0 Å². The van der Waals surface area contributed by atoms with Crippen molar-refractivity contribution in [3.8, 4) is 28.1 Å². The zero-order valence-electron chi connectivity index (χ0n) is 30.0. The highest BCUT2D eigenvalue weighted by Crippen LogP contribution is 2.42. The molecule has 0 fully saturated rings. The van der Waals surface area contributed by atoms with Crippen LogP contribution in [0.15, 0.2) is 79.0 Å². The molecule has 1 atom stereocenters. The van der Waals surface area contributed by atoms with E-state index in [0.717, 1.165) is 85.8 Å². The molecular formula is C40H44N8O4. The molecule has 2 aromatic heterocycles. The number of ether oxygens (including phenoxy) is 2. The fourth-order valence-electron chi connectivity index (χ4n) is 7.05. The zero-order chi connectivity index (χ0) is 36.4. The normalized spacial score (nSPS) is 12.7. The summed E-state index contributed by atoms with van der Waals surface area (Å²) in [4.78, 5) is 46.8. The van der Waals surface area contributed by atoms with E-state index in [0.29, 0.717) is 31.0 Å². The number of carbonyl (C=O) groups excluding carboxylic acids is 2. The Balaban J connectivity index is 1.13. The van der Waals surface area contributed by atoms with Crippen LogP contribution in [0.5, 0.6) is 5.75 Å². The van der Waals surface area contributed by atoms with Gasteiger partial charge in [0.25, 0.3) is 5.91 Å². The van der Waals surface area contributed by atoms with Crippen LogP contribution >= 0.6 is 0 Å². The van der Waals surface area contributed by atoms with Crippen molar-refractivity contribution < 1.29 is 19.1 Å². The Morgan fingerprint density at radius 3 is 2.52 bits per heavy atom. The quantitative estimate of drug-likeness (QED) is 0.0708. The number of benzene rings is 4. The first-order valence-corrected chi connectivity index (χ1v) is 17.7. The van der Waals surface area contributed by atoms with E-state index in [-0.39, 0.29) is 12.5 Å². The smallest absolute Gasteiger partial charge is 0.424 e. The fraction of sp³-hybridized carbons (Fsp3) is 0.300. The van der Waals surface area contributed by atoms with Crippen LogP contribution in [-0.2, 0) is 29.2 Å². The number of hydrogen-bond acceptors (Lipinski definition) is 8. The van der Waals surface area contributed by atoms with Crippen molar-refractivity contribution >= 4 is 33.8 Å². The maximum Gasteiger partial charge on any atom is 0.424 e. The third kappa shape index (κ3) is 6.82. The second-order valence-electron chi connectivity index (χ2n) is 13.3. The summed E-state index contributed by atoms with van der Waals surface area (Å²) in [5, 5.41) is 3.01. The summed E-state index contributed by atoms with van der Waals surface area (Å²) in [7, 11) is 3.35. The van der Waals surface area contributed by atoms with Gasteiger partial charge in [0, 0.05) is 17.5 Å². The fourth-order valence-corrected chi connectivity index (χ4v) is 7.05. The van der Waals surface area contributed by atoms with Crippen LogP contribution in [0.25, 0.3) is 44.2 Å². The van der Waals surface area contributed by atoms with E-state index in [9.17, 15) is 9.59 Å². The lowest BCUT2D eigenvalue weighted by atomic mass is 9.92. The van der Waals surface area contributed by atoms with Crippen molar-refractivity contribution in [2.45, 2.75) is 52.4 Å². The molecule has 12 nitrogen and oxygen atoms in total. The molecule has 1 aliphatic heterocycles. The van der Waals surface area contributed by atoms with Crippen LogP contribution < -0.4 is 10.6 Å². The van der Waals surface area contributed by atoms with Crippen LogP contribution in [0.2, 0.25) is 0 Å². The van der Waals surface area contributed by atoms with E-state index in [1.54, 1.807) is 35.4 Å². The number of nitrogens with two attached hydrogens (primary N) is 1. The minimum atomic E-state index is -1.06. The summed E-state index contributed by atoms with van der Waals surface area (Å²) in [6, 6.07) is 22.8. The molecule has 0 bridgehead atoms. The minimum absolute atomic E-state index is 0.208. The van der Waals surface area contributed by atoms with Crippen LogP contribution in [0.4, 0.5) is 4.79 Å². The molecule has 6 aromatic rings. The largest absolute Gasteiger partial charge is 0.488 e. The zero-order valence-corrected chi connectivity index (χ0v) is 30.0. The lowest BCUT2D eigenvalue weighted by Gasteiger charge is -2.31. The van der Waals surface area contributed by atoms with Gasteiger partial charge in [-0.2, -0.15) is 0 Å². The van der Waals surface area contributed by atoms with Gasteiger partial charge in [-0.3, -0.25) is 9.69 Å². The summed E-state index contributed by atoms with van der Waals surface area (Å²) in [5.74, 6) is 8.22. The summed E-state index contributed by atoms with van der Waals surface area (Å²) >= 11 is 0. The third-order valence-electron chi connectivity index (χ3n) is 9.52. The first-order valence-electron chi connectivity index (χ1n) is 17.7. The molecule has 0 aliphatic carbocycles. The number of nitrogens with zero attached hydrogens (tertiary/aromatic N) is 5. The molecular weight excluding hydrogens is 656 g/mol. The summed E-state index contributed by atoms with van der Waals surface area (Å²) in [6.07, 6.45) is 2.77. The second kappa shape index (κ2) is 14.9. The summed E-state index contributed by atoms with van der Waals surface area (Å²) in [5.41, 5.74) is 7.58. The Kier molecular flexibility index (Phi) is 9.92. The Morgan fingerprint density at radius 1 is 0.942 bits per heavy atom. The predicted octanol–water partition coefficient (Wildman–Crippen LogP) is 6.93. The van der Waals surface area contributed by atoms with Crippen molar-refractivity contribution in [1.82, 2.24) is 34.7 Å². The Morgan fingerprint density at radius 2 is 1.75 bits per heavy atom. The van der Waals surface area contributed by atoms with Gasteiger partial charge in [-0.05, 0) is 78.3 Å². The first kappa shape index (κ1) is 34.7. The molecule has 7 rings (SSSR count). The number of hydrazine groups is 1. The Labute approximate surface area is 302 Å². The van der Waals surface area contributed by atoms with Gasteiger partial charge in [-0.1, -0.05) is 62.4 Å². The Bertz CT molecular complexity index is 2230. The number of hydrogen-bond donors (Lipinski definition) is 3. The second-order valence-corrected chi connectivity index (χ2v) is 13.3. The van der Waals surface area contributed by atoms with Crippen LogP contribution in [0.3, 0.4) is 0 Å². The van der Waals surface area contributed by atoms with Crippen molar-refractivity contribution in [1.29, 1.82) is 0 Å². The van der Waals surface area contributed by atoms with Gasteiger partial charge < -0.3 is 24.3 Å². The molecule has 3 heterocycles. The molecule has 4 N–H and O–H groups in total. The van der Waals surface area contributed by atoms with E-state index in [1.165, 1.54) is 7.11 Å². The van der Waals surface area contributed by atoms with Gasteiger partial charge >= 0.3 is 6.09 Å². The molecule has 4 aromatic carbocycles. The third-order valence-corrected chi connectivity index (χ3v) is 9.52. The van der Waals surface area contributed by atoms with Gasteiger partial charge in [0.05, 0.1) is 43.1 Å². The molecule has 0 spiro atoms. The van der Waals surface area contributed by atoms with Gasteiger partial charge in [0.2, 0.25) is 0 Å². The van der Waals surface area contributed by atoms with Crippen molar-refractivity contribution in [2.75, 3.05) is 27.2 Å². The molecule has 0 saturated heterocycles. The van der Waals surface area contributed by atoms with E-state index in [1.807, 2.05) is 13.0 Å². The predicted molar refractivity (Wildman–Crippen MR) is 201 cm³/mol. The summed E-state index contributed by atoms with van der Waals surface area (Å²) < 4.78 is 11.2. The number of imidazole rings is 2. The average Bonchev–Trinajstić information content (AvgIpc) is 3.81. The number of amides is 2. The molecule has 1 aliphatic rings. The lowest BCUT2D eigenvalue weighted by molar-refractivity contribution is -0.137. The molecule has 12 heteroatoms. The van der Waals surface area contributed by atoms with E-state index in [2.05, 4.69) is 76.3 Å². The molecule has 2 amide bonds. The summed E-state index contributed by atoms with van der Waals surface area (Å²) in [6.45, 7) is 7.05. The first-order chi connectivity index (χ1) is 25.3. The van der Waals surface area contributed by atoms with E-state index < -0.39 is 12.1 Å². The van der Waals surface area contributed by atoms with Gasteiger partial charge in [0.1, 0.15) is 24.0 Å². The number of fused-ring (bicyclic) bond motifs is 6. The highest BCUT2D eigenvalue weighted by Gasteiger charge is 2.34. The highest BCUT2D eigenvalue weighted by molar-refractivity contribution is 6.07. The molecule has 268 valence electrons. The van der Waals surface area contributed by atoms with E-state index >= 15 is 0 Å². The van der Waals surface area contributed by atoms with Gasteiger partial charge in [-0.25, -0.2) is 25.6 Å². The maximum absolute atomic E-state index is 14.0. The van der Waals surface area contributed by atoms with Crippen LogP contribution in [0.1, 0.15) is 55.5 Å². The topological polar surface area (TPSA) is 146 Å².